The predicted molar refractivity (Wildman–Crippen MR) is 77.2 cm³/mol. The van der Waals surface area contributed by atoms with Gasteiger partial charge in [0.2, 0.25) is 0 Å². The first-order valence-electron chi connectivity index (χ1n) is 5.15. The number of aromatic nitrogens is 2. The third kappa shape index (κ3) is 3.04. The molecule has 0 aliphatic carbocycles. The number of hydrogen-bond acceptors (Lipinski definition) is 5. The van der Waals surface area contributed by atoms with Gasteiger partial charge in [0.15, 0.2) is 4.21 Å². The minimum atomic E-state index is -3.78. The highest BCUT2D eigenvalue weighted by atomic mass is 79.9. The Hall–Kier alpha value is -1.19. The van der Waals surface area contributed by atoms with E-state index >= 15 is 0 Å². The Bertz CT molecular complexity index is 780. The van der Waals surface area contributed by atoms with E-state index < -0.39 is 14.9 Å². The summed E-state index contributed by atoms with van der Waals surface area (Å²) in [7, 11) is -3.78. The topological polar surface area (TPSA) is 91.9 Å². The Balaban J connectivity index is 2.42. The number of rotatable bonds is 3. The van der Waals surface area contributed by atoms with Crippen molar-refractivity contribution < 1.29 is 8.42 Å². The zero-order valence-electron chi connectivity index (χ0n) is 10.0. The molecule has 2 N–H and O–H groups in total. The van der Waals surface area contributed by atoms with Crippen LogP contribution < -0.4 is 9.60 Å². The SMILES string of the molecule is Cc1nc(Br)ccc1NS(=O)(=O)c1sc(=O)[nH]c1C. The molecule has 0 saturated carbocycles. The van der Waals surface area contributed by atoms with Gasteiger partial charge in [-0.3, -0.25) is 9.52 Å². The number of hydrogen-bond donors (Lipinski definition) is 2. The van der Waals surface area contributed by atoms with Crippen molar-refractivity contribution in [1.82, 2.24) is 9.97 Å². The van der Waals surface area contributed by atoms with E-state index in [1.165, 1.54) is 0 Å². The summed E-state index contributed by atoms with van der Waals surface area (Å²) in [5.74, 6) is 0. The third-order valence-electron chi connectivity index (χ3n) is 2.32. The quantitative estimate of drug-likeness (QED) is 0.815. The van der Waals surface area contributed by atoms with E-state index in [0.717, 1.165) is 0 Å². The second kappa shape index (κ2) is 5.06. The molecule has 0 amide bonds. The number of aryl methyl sites for hydroxylation is 2. The van der Waals surface area contributed by atoms with E-state index in [4.69, 9.17) is 0 Å². The van der Waals surface area contributed by atoms with Crippen molar-refractivity contribution in [2.24, 2.45) is 0 Å². The Morgan fingerprint density at radius 1 is 1.37 bits per heavy atom. The molecule has 6 nitrogen and oxygen atoms in total. The summed E-state index contributed by atoms with van der Waals surface area (Å²) in [4.78, 5) is 17.3. The van der Waals surface area contributed by atoms with Crippen LogP contribution in [0, 0.1) is 13.8 Å². The van der Waals surface area contributed by atoms with Crippen LogP contribution in [-0.2, 0) is 10.0 Å². The van der Waals surface area contributed by atoms with E-state index in [1.54, 1.807) is 26.0 Å². The Labute approximate surface area is 122 Å². The molecule has 2 heterocycles. The summed E-state index contributed by atoms with van der Waals surface area (Å²) in [6.45, 7) is 3.23. The summed E-state index contributed by atoms with van der Waals surface area (Å²) in [6, 6.07) is 3.24. The molecule has 102 valence electrons. The summed E-state index contributed by atoms with van der Waals surface area (Å²) < 4.78 is 27.4. The van der Waals surface area contributed by atoms with E-state index in [0.29, 0.717) is 33.0 Å². The van der Waals surface area contributed by atoms with Gasteiger partial charge in [-0.15, -0.1) is 0 Å². The van der Waals surface area contributed by atoms with Gasteiger partial charge >= 0.3 is 4.87 Å². The lowest BCUT2D eigenvalue weighted by molar-refractivity contribution is 0.602. The number of aromatic amines is 1. The molecule has 0 bridgehead atoms. The normalized spacial score (nSPS) is 11.5. The molecule has 9 heteroatoms. The zero-order valence-corrected chi connectivity index (χ0v) is 13.2. The number of thiazole rings is 1. The molecule has 0 aliphatic heterocycles. The van der Waals surface area contributed by atoms with E-state index in [9.17, 15) is 13.2 Å². The van der Waals surface area contributed by atoms with Crippen molar-refractivity contribution in [2.45, 2.75) is 18.1 Å². The standard InChI is InChI=1S/C10H10BrN3O3S2/c1-5-7(3-4-8(11)12-5)14-19(16,17)9-6(2)13-10(15)18-9/h3-4,14H,1-2H3,(H,13,15). The maximum Gasteiger partial charge on any atom is 0.306 e. The number of sulfonamides is 1. The fourth-order valence-corrected chi connectivity index (χ4v) is 4.29. The lowest BCUT2D eigenvalue weighted by Gasteiger charge is -2.09. The van der Waals surface area contributed by atoms with E-state index in [-0.39, 0.29) is 4.21 Å². The summed E-state index contributed by atoms with van der Waals surface area (Å²) in [5.41, 5.74) is 1.24. The van der Waals surface area contributed by atoms with Gasteiger partial charge in [-0.05, 0) is 41.9 Å². The number of pyridine rings is 1. The Morgan fingerprint density at radius 2 is 2.05 bits per heavy atom. The van der Waals surface area contributed by atoms with Crippen molar-refractivity contribution in [2.75, 3.05) is 4.72 Å². The van der Waals surface area contributed by atoms with Crippen molar-refractivity contribution >= 4 is 43.0 Å². The third-order valence-corrected chi connectivity index (χ3v) is 5.73. The maximum atomic E-state index is 12.2. The molecule has 0 fully saturated rings. The number of halogens is 1. The molecule has 2 aromatic rings. The maximum absolute atomic E-state index is 12.2. The van der Waals surface area contributed by atoms with Gasteiger partial charge in [-0.1, -0.05) is 11.3 Å². The zero-order chi connectivity index (χ0) is 14.2. The summed E-state index contributed by atoms with van der Waals surface area (Å²) in [5, 5.41) is 0. The molecular formula is C10H10BrN3O3S2. The Morgan fingerprint density at radius 3 is 2.58 bits per heavy atom. The fraction of sp³-hybridized carbons (Fsp3) is 0.200. The average Bonchev–Trinajstić information content (AvgIpc) is 2.63. The lowest BCUT2D eigenvalue weighted by Crippen LogP contribution is -2.14. The van der Waals surface area contributed by atoms with E-state index in [1.807, 2.05) is 0 Å². The van der Waals surface area contributed by atoms with Crippen molar-refractivity contribution in [3.05, 3.63) is 37.8 Å². The highest BCUT2D eigenvalue weighted by Crippen LogP contribution is 2.22. The predicted octanol–water partition coefficient (Wildman–Crippen LogP) is 2.01. The molecule has 0 aromatic carbocycles. The van der Waals surface area contributed by atoms with Crippen LogP contribution in [-0.4, -0.2) is 18.4 Å². The minimum absolute atomic E-state index is 0.0141. The van der Waals surface area contributed by atoms with Gasteiger partial charge in [0.05, 0.1) is 11.4 Å². The summed E-state index contributed by atoms with van der Waals surface area (Å²) >= 11 is 3.86. The molecule has 0 radical (unpaired) electrons. The molecule has 2 aromatic heterocycles. The van der Waals surface area contributed by atoms with Crippen LogP contribution in [0.1, 0.15) is 11.4 Å². The van der Waals surface area contributed by atoms with Crippen LogP contribution in [0.2, 0.25) is 0 Å². The first kappa shape index (κ1) is 14.2. The van der Waals surface area contributed by atoms with Crippen LogP contribution in [0.25, 0.3) is 0 Å². The van der Waals surface area contributed by atoms with Gasteiger partial charge in [-0.2, -0.15) is 0 Å². The highest BCUT2D eigenvalue weighted by Gasteiger charge is 2.21. The van der Waals surface area contributed by atoms with Crippen LogP contribution in [0.3, 0.4) is 0 Å². The van der Waals surface area contributed by atoms with Crippen molar-refractivity contribution in [1.29, 1.82) is 0 Å². The van der Waals surface area contributed by atoms with Gasteiger partial charge in [-0.25, -0.2) is 13.4 Å². The molecule has 2 rings (SSSR count). The van der Waals surface area contributed by atoms with E-state index in [2.05, 4.69) is 30.6 Å². The second-order valence-electron chi connectivity index (χ2n) is 3.80. The monoisotopic (exact) mass is 363 g/mol. The first-order chi connectivity index (χ1) is 8.79. The number of H-pyrrole nitrogens is 1. The number of nitrogens with zero attached hydrogens (tertiary/aromatic N) is 1. The number of nitrogens with one attached hydrogen (secondary N) is 2. The average molecular weight is 364 g/mol. The molecule has 0 unspecified atom stereocenters. The Kier molecular flexibility index (Phi) is 3.79. The van der Waals surface area contributed by atoms with Crippen molar-refractivity contribution in [3.8, 4) is 0 Å². The molecule has 0 spiro atoms. The van der Waals surface area contributed by atoms with Crippen LogP contribution in [0.5, 0.6) is 0 Å². The van der Waals surface area contributed by atoms with Crippen LogP contribution in [0.15, 0.2) is 25.7 Å². The molecule has 0 atom stereocenters. The highest BCUT2D eigenvalue weighted by molar-refractivity contribution is 9.10. The fourth-order valence-electron chi connectivity index (χ4n) is 1.48. The molecule has 0 aliphatic rings. The van der Waals surface area contributed by atoms with Gasteiger partial charge in [0, 0.05) is 5.69 Å². The van der Waals surface area contributed by atoms with Crippen LogP contribution in [0.4, 0.5) is 5.69 Å². The molecule has 19 heavy (non-hydrogen) atoms. The number of anilines is 1. The second-order valence-corrected chi connectivity index (χ2v) is 7.47. The smallest absolute Gasteiger partial charge is 0.306 e. The lowest BCUT2D eigenvalue weighted by atomic mass is 10.3. The van der Waals surface area contributed by atoms with Crippen molar-refractivity contribution in [3.63, 3.8) is 0 Å². The van der Waals surface area contributed by atoms with Gasteiger partial charge < -0.3 is 4.98 Å². The molecular weight excluding hydrogens is 354 g/mol. The minimum Gasteiger partial charge on any atom is -0.315 e. The summed E-state index contributed by atoms with van der Waals surface area (Å²) in [6.07, 6.45) is 0. The molecule has 0 saturated heterocycles. The van der Waals surface area contributed by atoms with Gasteiger partial charge in [0.25, 0.3) is 10.0 Å². The van der Waals surface area contributed by atoms with Crippen LogP contribution >= 0.6 is 27.3 Å². The largest absolute Gasteiger partial charge is 0.315 e. The van der Waals surface area contributed by atoms with Gasteiger partial charge in [0.1, 0.15) is 4.60 Å². The first-order valence-corrected chi connectivity index (χ1v) is 8.24.